The summed E-state index contributed by atoms with van der Waals surface area (Å²) < 4.78 is 0. The maximum atomic E-state index is 4.20. The van der Waals surface area contributed by atoms with Crippen LogP contribution in [0.2, 0.25) is 0 Å². The Balaban J connectivity index is 2.46. The van der Waals surface area contributed by atoms with Crippen LogP contribution in [0, 0.1) is 0 Å². The van der Waals surface area contributed by atoms with Crippen LogP contribution in [0.4, 0.5) is 0 Å². The molecule has 0 aliphatic rings. The molecule has 0 N–H and O–H groups in total. The molecule has 0 saturated carbocycles. The van der Waals surface area contributed by atoms with E-state index in [1.54, 1.807) is 0 Å². The van der Waals surface area contributed by atoms with Gasteiger partial charge in [-0.1, -0.05) is 69.2 Å². The summed E-state index contributed by atoms with van der Waals surface area (Å²) >= 11 is 0. The van der Waals surface area contributed by atoms with E-state index in [2.05, 4.69) is 50.8 Å². The first-order valence-electron chi connectivity index (χ1n) is 5.98. The lowest BCUT2D eigenvalue weighted by molar-refractivity contribution is 0.684. The fraction of sp³-hybridized carbons (Fsp3) is 0.467. The quantitative estimate of drug-likeness (QED) is 0.453. The summed E-state index contributed by atoms with van der Waals surface area (Å²) in [5.41, 5.74) is 2.76. The van der Waals surface area contributed by atoms with E-state index < -0.39 is 0 Å². The van der Waals surface area contributed by atoms with Crippen LogP contribution in [0.25, 0.3) is 0 Å². The zero-order chi connectivity index (χ0) is 11.1. The van der Waals surface area contributed by atoms with Crippen molar-refractivity contribution in [3.05, 3.63) is 48.0 Å². The van der Waals surface area contributed by atoms with Gasteiger partial charge in [-0.05, 0) is 18.4 Å². The number of unbranched alkanes of at least 4 members (excludes halogenated alkanes) is 2. The molecule has 1 aromatic rings. The molecule has 0 saturated heterocycles. The zero-order valence-electron chi connectivity index (χ0n) is 10.00. The van der Waals surface area contributed by atoms with E-state index in [4.69, 9.17) is 0 Å². The summed E-state index contributed by atoms with van der Waals surface area (Å²) in [5, 5.41) is 0. The fourth-order valence-corrected chi connectivity index (χ4v) is 1.80. The smallest absolute Gasteiger partial charge is 0.00171 e. The van der Waals surface area contributed by atoms with Crippen molar-refractivity contribution in [1.82, 2.24) is 0 Å². The van der Waals surface area contributed by atoms with Crippen molar-refractivity contribution >= 4 is 0 Å². The third kappa shape index (κ3) is 3.91. The Morgan fingerprint density at radius 3 is 2.47 bits per heavy atom. The van der Waals surface area contributed by atoms with Crippen molar-refractivity contribution in [2.24, 2.45) is 0 Å². The highest BCUT2D eigenvalue weighted by atomic mass is 14.1. The molecule has 0 aliphatic carbocycles. The Kier molecular flexibility index (Phi) is 5.17. The molecule has 0 aliphatic heterocycles. The highest BCUT2D eigenvalue weighted by Gasteiger charge is 2.07. The van der Waals surface area contributed by atoms with Gasteiger partial charge >= 0.3 is 0 Å². The molecule has 1 aromatic carbocycles. The molecular weight excluding hydrogens is 180 g/mol. The molecule has 0 bridgehead atoms. The second-order valence-electron chi connectivity index (χ2n) is 4.25. The zero-order valence-corrected chi connectivity index (χ0v) is 10.00. The highest BCUT2D eigenvalue weighted by Crippen LogP contribution is 2.25. The first-order chi connectivity index (χ1) is 7.25. The summed E-state index contributed by atoms with van der Waals surface area (Å²) in [7, 11) is 0. The lowest BCUT2D eigenvalue weighted by atomic mass is 9.91. The first-order valence-corrected chi connectivity index (χ1v) is 5.98. The summed E-state index contributed by atoms with van der Waals surface area (Å²) in [6.45, 7) is 8.70. The van der Waals surface area contributed by atoms with Gasteiger partial charge in [-0.15, -0.1) is 0 Å². The van der Waals surface area contributed by atoms with E-state index in [1.807, 2.05) is 0 Å². The van der Waals surface area contributed by atoms with Crippen LogP contribution in [-0.2, 0) is 0 Å². The summed E-state index contributed by atoms with van der Waals surface area (Å²) in [6.07, 6.45) is 5.06. The van der Waals surface area contributed by atoms with Crippen molar-refractivity contribution in [2.75, 3.05) is 0 Å². The lowest BCUT2D eigenvalue weighted by Crippen LogP contribution is -1.97. The molecule has 0 nitrogen and oxygen atoms in total. The number of rotatable bonds is 6. The van der Waals surface area contributed by atoms with Gasteiger partial charge in [0.1, 0.15) is 0 Å². The SMILES string of the molecule is C=C(CCCCC)C(C)c1ccccc1. The molecule has 1 unspecified atom stereocenters. The Morgan fingerprint density at radius 1 is 1.20 bits per heavy atom. The van der Waals surface area contributed by atoms with Crippen LogP contribution in [0.15, 0.2) is 42.5 Å². The van der Waals surface area contributed by atoms with Crippen LogP contribution >= 0.6 is 0 Å². The molecule has 1 atom stereocenters. The van der Waals surface area contributed by atoms with Crippen molar-refractivity contribution in [3.63, 3.8) is 0 Å². The van der Waals surface area contributed by atoms with E-state index in [9.17, 15) is 0 Å². The minimum Gasteiger partial charge on any atom is -0.0993 e. The molecule has 0 heteroatoms. The van der Waals surface area contributed by atoms with Crippen molar-refractivity contribution in [3.8, 4) is 0 Å². The van der Waals surface area contributed by atoms with Crippen molar-refractivity contribution < 1.29 is 0 Å². The molecule has 0 amide bonds. The fourth-order valence-electron chi connectivity index (χ4n) is 1.80. The maximum absolute atomic E-state index is 4.20. The Bertz CT molecular complexity index is 284. The second kappa shape index (κ2) is 6.44. The van der Waals surface area contributed by atoms with Gasteiger partial charge in [0, 0.05) is 5.92 Å². The van der Waals surface area contributed by atoms with Crippen molar-refractivity contribution in [2.45, 2.75) is 45.4 Å². The Morgan fingerprint density at radius 2 is 1.87 bits per heavy atom. The monoisotopic (exact) mass is 202 g/mol. The van der Waals surface area contributed by atoms with Crippen molar-refractivity contribution in [1.29, 1.82) is 0 Å². The maximum Gasteiger partial charge on any atom is 0.00171 e. The van der Waals surface area contributed by atoms with Gasteiger partial charge in [0.25, 0.3) is 0 Å². The number of benzene rings is 1. The van der Waals surface area contributed by atoms with Gasteiger partial charge in [-0.3, -0.25) is 0 Å². The molecular formula is C15H22. The molecule has 1 rings (SSSR count). The third-order valence-electron chi connectivity index (χ3n) is 3.01. The number of hydrogen-bond acceptors (Lipinski definition) is 0. The Hall–Kier alpha value is -1.04. The summed E-state index contributed by atoms with van der Waals surface area (Å²) in [6, 6.07) is 10.7. The second-order valence-corrected chi connectivity index (χ2v) is 4.25. The van der Waals surface area contributed by atoms with Gasteiger partial charge < -0.3 is 0 Å². The van der Waals surface area contributed by atoms with Gasteiger partial charge in [-0.2, -0.15) is 0 Å². The van der Waals surface area contributed by atoms with E-state index in [1.165, 1.54) is 36.8 Å². The largest absolute Gasteiger partial charge is 0.0993 e. The van der Waals surface area contributed by atoms with Crippen LogP contribution in [-0.4, -0.2) is 0 Å². The summed E-state index contributed by atoms with van der Waals surface area (Å²) in [5.74, 6) is 0.503. The van der Waals surface area contributed by atoms with Crippen LogP contribution in [0.5, 0.6) is 0 Å². The molecule has 0 radical (unpaired) electrons. The Labute approximate surface area is 94.0 Å². The van der Waals surface area contributed by atoms with E-state index in [-0.39, 0.29) is 0 Å². The third-order valence-corrected chi connectivity index (χ3v) is 3.01. The van der Waals surface area contributed by atoms with Gasteiger partial charge in [0.15, 0.2) is 0 Å². The normalized spacial score (nSPS) is 12.4. The topological polar surface area (TPSA) is 0 Å². The molecule has 0 aromatic heterocycles. The predicted molar refractivity (Wildman–Crippen MR) is 68.1 cm³/mol. The molecule has 82 valence electrons. The van der Waals surface area contributed by atoms with Crippen LogP contribution in [0.1, 0.15) is 51.0 Å². The average Bonchev–Trinajstić information content (AvgIpc) is 2.29. The van der Waals surface area contributed by atoms with E-state index in [0.29, 0.717) is 5.92 Å². The molecule has 0 fully saturated rings. The molecule has 0 heterocycles. The van der Waals surface area contributed by atoms with Gasteiger partial charge in [0.2, 0.25) is 0 Å². The predicted octanol–water partition coefficient (Wildman–Crippen LogP) is 4.93. The first kappa shape index (κ1) is 12.0. The van der Waals surface area contributed by atoms with Gasteiger partial charge in [-0.25, -0.2) is 0 Å². The minimum absolute atomic E-state index is 0.503. The molecule has 0 spiro atoms. The van der Waals surface area contributed by atoms with Crippen LogP contribution < -0.4 is 0 Å². The van der Waals surface area contributed by atoms with Crippen LogP contribution in [0.3, 0.4) is 0 Å². The standard InChI is InChI=1S/C15H22/c1-4-5-7-10-13(2)14(3)15-11-8-6-9-12-15/h6,8-9,11-12,14H,2,4-5,7,10H2,1,3H3. The number of allylic oxidation sites excluding steroid dienone is 1. The number of hydrogen-bond donors (Lipinski definition) is 0. The van der Waals surface area contributed by atoms with E-state index in [0.717, 1.165) is 0 Å². The minimum atomic E-state index is 0.503. The van der Waals surface area contributed by atoms with Gasteiger partial charge in [0.05, 0.1) is 0 Å². The summed E-state index contributed by atoms with van der Waals surface area (Å²) in [4.78, 5) is 0. The average molecular weight is 202 g/mol. The highest BCUT2D eigenvalue weighted by molar-refractivity contribution is 5.26. The van der Waals surface area contributed by atoms with E-state index >= 15 is 0 Å². The lowest BCUT2D eigenvalue weighted by Gasteiger charge is -2.14. The molecule has 15 heavy (non-hydrogen) atoms.